The molecule has 0 N–H and O–H groups in total. The number of alkyl halides is 1. The molecule has 80 valence electrons. The Kier molecular flexibility index (Phi) is 3.82. The largest absolute Gasteiger partial charge is 0.293 e. The maximum absolute atomic E-state index is 11.4. The normalized spacial score (nSPS) is 10.1. The molecule has 0 aliphatic carbocycles. The number of benzene rings is 1. The summed E-state index contributed by atoms with van der Waals surface area (Å²) in [5.41, 5.74) is 0.826. The van der Waals surface area contributed by atoms with Gasteiger partial charge in [0.25, 0.3) is 5.69 Å². The fourth-order valence-corrected chi connectivity index (χ4v) is 1.92. The van der Waals surface area contributed by atoms with Crippen molar-refractivity contribution in [3.05, 3.63) is 37.8 Å². The third-order valence-electron chi connectivity index (χ3n) is 1.91. The van der Waals surface area contributed by atoms with Gasteiger partial charge in [0.15, 0.2) is 5.78 Å². The summed E-state index contributed by atoms with van der Waals surface area (Å²) in [6.07, 6.45) is 0. The number of carbonyl (C=O) groups excluding carboxylic acids is 1. The van der Waals surface area contributed by atoms with E-state index in [-0.39, 0.29) is 17.4 Å². The summed E-state index contributed by atoms with van der Waals surface area (Å²) in [5.74, 6) is -0.496. The Morgan fingerprint density at radius 1 is 1.60 bits per heavy atom. The number of nitrogens with zero attached hydrogens (tertiary/aromatic N) is 1. The first-order valence-corrected chi connectivity index (χ1v) is 5.33. The average Bonchev–Trinajstić information content (AvgIpc) is 2.16. The van der Waals surface area contributed by atoms with E-state index in [4.69, 9.17) is 11.6 Å². The zero-order valence-corrected chi connectivity index (χ0v) is 10.1. The fourth-order valence-electron chi connectivity index (χ4n) is 1.17. The van der Waals surface area contributed by atoms with Gasteiger partial charge in [-0.05, 0) is 34.5 Å². The minimum atomic E-state index is -0.547. The van der Waals surface area contributed by atoms with Gasteiger partial charge in [-0.2, -0.15) is 0 Å². The van der Waals surface area contributed by atoms with Crippen molar-refractivity contribution >= 4 is 39.0 Å². The van der Waals surface area contributed by atoms with Crippen LogP contribution in [0.2, 0.25) is 0 Å². The van der Waals surface area contributed by atoms with E-state index in [2.05, 4.69) is 15.9 Å². The van der Waals surface area contributed by atoms with Gasteiger partial charge in [0.05, 0.1) is 15.3 Å². The lowest BCUT2D eigenvalue weighted by atomic mass is 10.0. The Balaban J connectivity index is 3.36. The molecule has 0 atom stereocenters. The van der Waals surface area contributed by atoms with E-state index in [1.54, 1.807) is 6.92 Å². The first kappa shape index (κ1) is 12.1. The monoisotopic (exact) mass is 291 g/mol. The second-order valence-corrected chi connectivity index (χ2v) is 4.05. The first-order chi connectivity index (χ1) is 6.97. The summed E-state index contributed by atoms with van der Waals surface area (Å²) in [5, 5.41) is 10.6. The predicted octanol–water partition coefficient (Wildman–Crippen LogP) is 3.09. The van der Waals surface area contributed by atoms with Crippen LogP contribution in [0.25, 0.3) is 0 Å². The molecule has 1 aromatic rings. The average molecular weight is 293 g/mol. The minimum absolute atomic E-state index is 0.130. The van der Waals surface area contributed by atoms with Crippen LogP contribution in [-0.4, -0.2) is 16.6 Å². The fraction of sp³-hybridized carbons (Fsp3) is 0.222. The first-order valence-electron chi connectivity index (χ1n) is 4.01. The van der Waals surface area contributed by atoms with Gasteiger partial charge in [-0.1, -0.05) is 0 Å². The van der Waals surface area contributed by atoms with E-state index in [1.807, 2.05) is 0 Å². The van der Waals surface area contributed by atoms with Crippen molar-refractivity contribution < 1.29 is 9.72 Å². The Hall–Kier alpha value is -0.940. The Labute approximate surface area is 99.5 Å². The van der Waals surface area contributed by atoms with Gasteiger partial charge in [0, 0.05) is 11.6 Å². The predicted molar refractivity (Wildman–Crippen MR) is 60.6 cm³/mol. The third-order valence-corrected chi connectivity index (χ3v) is 2.79. The summed E-state index contributed by atoms with van der Waals surface area (Å²) in [6.45, 7) is 1.70. The van der Waals surface area contributed by atoms with E-state index in [0.717, 1.165) is 0 Å². The molecule has 0 aromatic heterocycles. The molecule has 4 nitrogen and oxygen atoms in total. The molecular formula is C9H7BrClNO3. The number of hydrogen-bond acceptors (Lipinski definition) is 3. The van der Waals surface area contributed by atoms with E-state index < -0.39 is 4.92 Å². The van der Waals surface area contributed by atoms with Gasteiger partial charge < -0.3 is 0 Å². The number of halogens is 2. The molecule has 0 saturated carbocycles. The second kappa shape index (κ2) is 4.72. The van der Waals surface area contributed by atoms with Gasteiger partial charge in [-0.3, -0.25) is 14.9 Å². The molecule has 0 spiro atoms. The van der Waals surface area contributed by atoms with Gasteiger partial charge in [-0.15, -0.1) is 11.6 Å². The van der Waals surface area contributed by atoms with Crippen molar-refractivity contribution in [2.75, 3.05) is 5.88 Å². The molecular weight excluding hydrogens is 285 g/mol. The van der Waals surface area contributed by atoms with Crippen LogP contribution in [0.3, 0.4) is 0 Å². The van der Waals surface area contributed by atoms with Crippen LogP contribution < -0.4 is 0 Å². The highest BCUT2D eigenvalue weighted by Crippen LogP contribution is 2.28. The summed E-state index contributed by atoms with van der Waals surface area (Å²) < 4.78 is 0.358. The highest BCUT2D eigenvalue weighted by molar-refractivity contribution is 9.10. The van der Waals surface area contributed by atoms with Crippen molar-refractivity contribution in [1.29, 1.82) is 0 Å². The number of nitro groups is 1. The minimum Gasteiger partial charge on any atom is -0.293 e. The highest BCUT2D eigenvalue weighted by Gasteiger charge is 2.17. The lowest BCUT2D eigenvalue weighted by molar-refractivity contribution is -0.385. The molecule has 0 bridgehead atoms. The van der Waals surface area contributed by atoms with Crippen LogP contribution in [0.4, 0.5) is 5.69 Å². The molecule has 15 heavy (non-hydrogen) atoms. The van der Waals surface area contributed by atoms with Gasteiger partial charge in [0.2, 0.25) is 0 Å². The quantitative estimate of drug-likeness (QED) is 0.372. The number of hydrogen-bond donors (Lipinski definition) is 0. The zero-order valence-electron chi connectivity index (χ0n) is 7.79. The van der Waals surface area contributed by atoms with E-state index >= 15 is 0 Å². The second-order valence-electron chi connectivity index (χ2n) is 2.93. The van der Waals surface area contributed by atoms with Gasteiger partial charge in [0.1, 0.15) is 0 Å². The number of carbonyl (C=O) groups is 1. The molecule has 0 heterocycles. The smallest absolute Gasteiger partial charge is 0.284 e. The zero-order chi connectivity index (χ0) is 11.6. The van der Waals surface area contributed by atoms with Crippen LogP contribution in [0, 0.1) is 17.0 Å². The summed E-state index contributed by atoms with van der Waals surface area (Å²) in [4.78, 5) is 21.4. The maximum atomic E-state index is 11.4. The number of nitro benzene ring substituents is 1. The lowest BCUT2D eigenvalue weighted by Gasteiger charge is -2.04. The topological polar surface area (TPSA) is 60.2 Å². The van der Waals surface area contributed by atoms with E-state index in [1.165, 1.54) is 12.1 Å². The SMILES string of the molecule is Cc1cc(Br)c([N+](=O)[O-])cc1C(=O)CCl. The van der Waals surface area contributed by atoms with Crippen LogP contribution in [0.1, 0.15) is 15.9 Å². The summed E-state index contributed by atoms with van der Waals surface area (Å²) in [7, 11) is 0. The van der Waals surface area contributed by atoms with Crippen LogP contribution in [0.5, 0.6) is 0 Å². The Morgan fingerprint density at radius 3 is 2.67 bits per heavy atom. The molecule has 6 heteroatoms. The maximum Gasteiger partial charge on any atom is 0.284 e. The molecule has 0 radical (unpaired) electrons. The lowest BCUT2D eigenvalue weighted by Crippen LogP contribution is -2.04. The van der Waals surface area contributed by atoms with Crippen LogP contribution in [0.15, 0.2) is 16.6 Å². The molecule has 1 aromatic carbocycles. The van der Waals surface area contributed by atoms with Crippen LogP contribution in [-0.2, 0) is 0 Å². The van der Waals surface area contributed by atoms with E-state index in [0.29, 0.717) is 15.6 Å². The van der Waals surface area contributed by atoms with E-state index in [9.17, 15) is 14.9 Å². The summed E-state index contributed by atoms with van der Waals surface area (Å²) >= 11 is 8.47. The number of Topliss-reactive ketones (excluding diaryl/α,β-unsaturated/α-hetero) is 1. The Morgan fingerprint density at radius 2 is 2.20 bits per heavy atom. The van der Waals surface area contributed by atoms with Crippen molar-refractivity contribution in [2.45, 2.75) is 6.92 Å². The highest BCUT2D eigenvalue weighted by atomic mass is 79.9. The molecule has 0 amide bonds. The van der Waals surface area contributed by atoms with Crippen molar-refractivity contribution in [3.8, 4) is 0 Å². The van der Waals surface area contributed by atoms with Crippen LogP contribution >= 0.6 is 27.5 Å². The third kappa shape index (κ3) is 2.54. The standard InChI is InChI=1S/C9H7BrClNO3/c1-5-2-7(10)8(12(14)15)3-6(5)9(13)4-11/h2-3H,4H2,1H3. The van der Waals surface area contributed by atoms with Crippen molar-refractivity contribution in [3.63, 3.8) is 0 Å². The molecule has 0 aliphatic heterocycles. The molecule has 0 aliphatic rings. The summed E-state index contributed by atoms with van der Waals surface area (Å²) in [6, 6.07) is 2.78. The van der Waals surface area contributed by atoms with Crippen molar-refractivity contribution in [1.82, 2.24) is 0 Å². The Bertz CT molecular complexity index is 434. The number of rotatable bonds is 3. The molecule has 0 unspecified atom stereocenters. The number of ketones is 1. The molecule has 0 fully saturated rings. The molecule has 0 saturated heterocycles. The number of aryl methyl sites for hydroxylation is 1. The van der Waals surface area contributed by atoms with Gasteiger partial charge in [-0.25, -0.2) is 0 Å². The molecule has 1 rings (SSSR count). The van der Waals surface area contributed by atoms with Gasteiger partial charge >= 0.3 is 0 Å². The van der Waals surface area contributed by atoms with Crippen molar-refractivity contribution in [2.24, 2.45) is 0 Å².